The van der Waals surface area contributed by atoms with Crippen molar-refractivity contribution in [3.63, 3.8) is 0 Å². The molecule has 1 aromatic carbocycles. The highest BCUT2D eigenvalue weighted by atomic mass is 32.2. The van der Waals surface area contributed by atoms with Gasteiger partial charge in [-0.1, -0.05) is 24.8 Å². The average Bonchev–Trinajstić information content (AvgIpc) is 3.22. The molecule has 2 heterocycles. The molecule has 0 unspecified atom stereocenters. The SMILES string of the molecule is CCc1cc(C(=O)OC)c(NC(=O)CSc2nc3ccc(C)cc3[nH]2)s1. The van der Waals surface area contributed by atoms with E-state index in [0.717, 1.165) is 27.9 Å². The third-order valence-electron chi connectivity index (χ3n) is 3.75. The van der Waals surface area contributed by atoms with Gasteiger partial charge in [-0.2, -0.15) is 0 Å². The number of methoxy groups -OCH3 is 1. The van der Waals surface area contributed by atoms with Crippen molar-refractivity contribution in [1.82, 2.24) is 9.97 Å². The Labute approximate surface area is 159 Å². The van der Waals surface area contributed by atoms with Crippen LogP contribution in [0.5, 0.6) is 0 Å². The number of H-pyrrole nitrogens is 1. The van der Waals surface area contributed by atoms with Gasteiger partial charge < -0.3 is 15.0 Å². The van der Waals surface area contributed by atoms with Crippen LogP contribution in [0.2, 0.25) is 0 Å². The number of aryl methyl sites for hydroxylation is 2. The molecule has 0 spiro atoms. The number of aromatic nitrogens is 2. The molecule has 0 aliphatic carbocycles. The van der Waals surface area contributed by atoms with Gasteiger partial charge in [-0.05, 0) is 37.1 Å². The summed E-state index contributed by atoms with van der Waals surface area (Å²) in [5.41, 5.74) is 3.37. The fourth-order valence-electron chi connectivity index (χ4n) is 2.44. The molecule has 26 heavy (non-hydrogen) atoms. The lowest BCUT2D eigenvalue weighted by atomic mass is 10.2. The molecular weight excluding hydrogens is 370 g/mol. The van der Waals surface area contributed by atoms with Gasteiger partial charge in [-0.25, -0.2) is 9.78 Å². The molecule has 2 N–H and O–H groups in total. The van der Waals surface area contributed by atoms with E-state index < -0.39 is 5.97 Å². The highest BCUT2D eigenvalue weighted by Gasteiger charge is 2.18. The number of imidazole rings is 1. The van der Waals surface area contributed by atoms with Gasteiger partial charge in [0.25, 0.3) is 0 Å². The molecule has 8 heteroatoms. The molecule has 0 saturated heterocycles. The number of anilines is 1. The summed E-state index contributed by atoms with van der Waals surface area (Å²) < 4.78 is 4.79. The number of carbonyl (C=O) groups is 2. The first-order chi connectivity index (χ1) is 12.5. The lowest BCUT2D eigenvalue weighted by Crippen LogP contribution is -2.15. The maximum Gasteiger partial charge on any atom is 0.340 e. The number of nitrogens with one attached hydrogen (secondary N) is 2. The van der Waals surface area contributed by atoms with Crippen LogP contribution in [0.4, 0.5) is 5.00 Å². The summed E-state index contributed by atoms with van der Waals surface area (Å²) in [4.78, 5) is 32.8. The molecule has 0 aliphatic rings. The Balaban J connectivity index is 1.67. The van der Waals surface area contributed by atoms with Crippen molar-refractivity contribution < 1.29 is 14.3 Å². The number of hydrogen-bond acceptors (Lipinski definition) is 6. The first-order valence-corrected chi connectivity index (χ1v) is 9.90. The number of thioether (sulfide) groups is 1. The lowest BCUT2D eigenvalue weighted by molar-refractivity contribution is -0.113. The van der Waals surface area contributed by atoms with Crippen molar-refractivity contribution in [2.75, 3.05) is 18.2 Å². The van der Waals surface area contributed by atoms with Crippen LogP contribution in [0.3, 0.4) is 0 Å². The fourth-order valence-corrected chi connectivity index (χ4v) is 4.12. The largest absolute Gasteiger partial charge is 0.465 e. The van der Waals surface area contributed by atoms with Gasteiger partial charge in [-0.15, -0.1) is 11.3 Å². The first kappa shape index (κ1) is 18.5. The van der Waals surface area contributed by atoms with E-state index in [4.69, 9.17) is 4.74 Å². The van der Waals surface area contributed by atoms with E-state index >= 15 is 0 Å². The van der Waals surface area contributed by atoms with E-state index in [9.17, 15) is 9.59 Å². The van der Waals surface area contributed by atoms with Gasteiger partial charge in [0.15, 0.2) is 5.16 Å². The minimum absolute atomic E-state index is 0.193. The molecule has 2 aromatic heterocycles. The number of esters is 1. The molecule has 136 valence electrons. The predicted molar refractivity (Wildman–Crippen MR) is 105 cm³/mol. The van der Waals surface area contributed by atoms with Crippen molar-refractivity contribution >= 4 is 51.0 Å². The predicted octanol–water partition coefficient (Wildman–Crippen LogP) is 4.01. The molecule has 6 nitrogen and oxygen atoms in total. The van der Waals surface area contributed by atoms with Gasteiger partial charge in [0.1, 0.15) is 5.00 Å². The summed E-state index contributed by atoms with van der Waals surface area (Å²) in [6.07, 6.45) is 0.789. The quantitative estimate of drug-likeness (QED) is 0.491. The van der Waals surface area contributed by atoms with Crippen molar-refractivity contribution in [3.8, 4) is 0 Å². The van der Waals surface area contributed by atoms with Crippen molar-refractivity contribution in [2.24, 2.45) is 0 Å². The van der Waals surface area contributed by atoms with E-state index in [2.05, 4.69) is 15.3 Å². The molecule has 1 amide bonds. The Kier molecular flexibility index (Phi) is 5.63. The second kappa shape index (κ2) is 7.92. The molecule has 3 aromatic rings. The van der Waals surface area contributed by atoms with Gasteiger partial charge in [0.2, 0.25) is 5.91 Å². The molecular formula is C18H19N3O3S2. The number of nitrogens with zero attached hydrogens (tertiary/aromatic N) is 1. The number of carbonyl (C=O) groups excluding carboxylic acids is 2. The number of thiophene rings is 1. The smallest absolute Gasteiger partial charge is 0.340 e. The van der Waals surface area contributed by atoms with E-state index in [1.54, 1.807) is 6.07 Å². The second-order valence-corrected chi connectivity index (χ2v) is 7.80. The van der Waals surface area contributed by atoms with Crippen molar-refractivity contribution in [2.45, 2.75) is 25.4 Å². The summed E-state index contributed by atoms with van der Waals surface area (Å²) in [5.74, 6) is -0.448. The number of hydrogen-bond donors (Lipinski definition) is 2. The van der Waals surface area contributed by atoms with Crippen LogP contribution in [-0.4, -0.2) is 34.7 Å². The van der Waals surface area contributed by atoms with Crippen LogP contribution >= 0.6 is 23.1 Å². The molecule has 0 aliphatic heterocycles. The van der Waals surface area contributed by atoms with Crippen LogP contribution < -0.4 is 5.32 Å². The summed E-state index contributed by atoms with van der Waals surface area (Å²) in [6.45, 7) is 4.02. The lowest BCUT2D eigenvalue weighted by Gasteiger charge is -2.04. The second-order valence-electron chi connectivity index (χ2n) is 5.70. The van der Waals surface area contributed by atoms with Crippen LogP contribution in [0.1, 0.15) is 27.7 Å². The van der Waals surface area contributed by atoms with Gasteiger partial charge in [0.05, 0.1) is 29.5 Å². The summed E-state index contributed by atoms with van der Waals surface area (Å²) in [6, 6.07) is 7.74. The molecule has 3 rings (SSSR count). The molecule has 0 bridgehead atoms. The van der Waals surface area contributed by atoms with E-state index in [1.807, 2.05) is 32.0 Å². The number of benzene rings is 1. The van der Waals surface area contributed by atoms with Crippen molar-refractivity contribution in [3.05, 3.63) is 40.3 Å². The highest BCUT2D eigenvalue weighted by Crippen LogP contribution is 2.29. The van der Waals surface area contributed by atoms with Gasteiger partial charge in [0, 0.05) is 4.88 Å². The zero-order valence-corrected chi connectivity index (χ0v) is 16.3. The number of rotatable bonds is 6. The van der Waals surface area contributed by atoms with Gasteiger partial charge in [-0.3, -0.25) is 4.79 Å². The molecule has 0 radical (unpaired) electrons. The normalized spacial score (nSPS) is 10.9. The summed E-state index contributed by atoms with van der Waals surface area (Å²) >= 11 is 2.71. The number of fused-ring (bicyclic) bond motifs is 1. The number of aromatic amines is 1. The van der Waals surface area contributed by atoms with E-state index in [1.165, 1.54) is 30.2 Å². The average molecular weight is 390 g/mol. The Morgan fingerprint density at radius 2 is 2.15 bits per heavy atom. The minimum atomic E-state index is -0.448. The monoisotopic (exact) mass is 389 g/mol. The molecule has 0 fully saturated rings. The summed E-state index contributed by atoms with van der Waals surface area (Å²) in [7, 11) is 1.33. The number of ether oxygens (including phenoxy) is 1. The zero-order valence-electron chi connectivity index (χ0n) is 14.7. The molecule has 0 atom stereocenters. The van der Waals surface area contributed by atoms with Crippen LogP contribution in [0.15, 0.2) is 29.4 Å². The first-order valence-electron chi connectivity index (χ1n) is 8.10. The fraction of sp³-hybridized carbons (Fsp3) is 0.278. The third-order valence-corrected chi connectivity index (χ3v) is 5.81. The van der Waals surface area contributed by atoms with Crippen molar-refractivity contribution in [1.29, 1.82) is 0 Å². The Morgan fingerprint density at radius 1 is 1.35 bits per heavy atom. The topological polar surface area (TPSA) is 84.1 Å². The van der Waals surface area contributed by atoms with Crippen LogP contribution in [0.25, 0.3) is 11.0 Å². The van der Waals surface area contributed by atoms with E-state index in [-0.39, 0.29) is 11.7 Å². The van der Waals surface area contributed by atoms with Gasteiger partial charge >= 0.3 is 5.97 Å². The third kappa shape index (κ3) is 4.08. The van der Waals surface area contributed by atoms with Crippen LogP contribution in [-0.2, 0) is 16.0 Å². The molecule has 0 saturated carbocycles. The summed E-state index contributed by atoms with van der Waals surface area (Å²) in [5, 5.41) is 4.03. The standard InChI is InChI=1S/C18H19N3O3S2/c1-4-11-8-12(17(23)24-3)16(26-11)21-15(22)9-25-18-19-13-6-5-10(2)7-14(13)20-18/h5-8H,4,9H2,1-3H3,(H,19,20)(H,21,22). The Bertz CT molecular complexity index is 962. The minimum Gasteiger partial charge on any atom is -0.465 e. The van der Waals surface area contributed by atoms with E-state index in [0.29, 0.717) is 15.7 Å². The maximum atomic E-state index is 12.3. The zero-order chi connectivity index (χ0) is 18.7. The van der Waals surface area contributed by atoms with Crippen LogP contribution in [0, 0.1) is 6.92 Å². The highest BCUT2D eigenvalue weighted by molar-refractivity contribution is 7.99. The Hall–Kier alpha value is -2.32. The number of amides is 1. The maximum absolute atomic E-state index is 12.3. The Morgan fingerprint density at radius 3 is 2.88 bits per heavy atom.